The Hall–Kier alpha value is -2.11. The third-order valence-corrected chi connectivity index (χ3v) is 2.89. The lowest BCUT2D eigenvalue weighted by molar-refractivity contribution is -0.137. The maximum Gasteiger partial charge on any atom is 0.417 e. The van der Waals surface area contributed by atoms with Gasteiger partial charge in [0.15, 0.2) is 0 Å². The number of hydrogen-bond acceptors (Lipinski definition) is 3. The second-order valence-corrected chi connectivity index (χ2v) is 4.25. The quantitative estimate of drug-likeness (QED) is 0.929. The molecular weight excluding hydrogens is 267 g/mol. The number of nitrogens with zero attached hydrogens (tertiary/aromatic N) is 2. The Morgan fingerprint density at radius 2 is 1.95 bits per heavy atom. The summed E-state index contributed by atoms with van der Waals surface area (Å²) in [6.07, 6.45) is -0.995. The van der Waals surface area contributed by atoms with Gasteiger partial charge in [-0.2, -0.15) is 13.2 Å². The first-order valence-electron chi connectivity index (χ1n) is 6.20. The Kier molecular flexibility index (Phi) is 4.22. The number of aromatic nitrogens is 2. The van der Waals surface area contributed by atoms with E-state index in [0.29, 0.717) is 12.4 Å². The standard InChI is InChI=1S/C14H14F3N3/c1-2-10-4-3-7-18-12(10)9-20-13-6-5-11(8-19-13)14(15,16)17/h3-8H,2,9H2,1H3,(H,19,20). The second-order valence-electron chi connectivity index (χ2n) is 4.25. The van der Waals surface area contributed by atoms with Crippen molar-refractivity contribution in [2.24, 2.45) is 0 Å². The average Bonchev–Trinajstić information content (AvgIpc) is 2.45. The molecule has 3 nitrogen and oxygen atoms in total. The molecule has 106 valence electrons. The highest BCUT2D eigenvalue weighted by molar-refractivity contribution is 5.37. The van der Waals surface area contributed by atoms with Crippen LogP contribution >= 0.6 is 0 Å². The molecule has 2 aromatic rings. The Morgan fingerprint density at radius 1 is 1.15 bits per heavy atom. The van der Waals surface area contributed by atoms with Crippen LogP contribution in [-0.2, 0) is 19.1 Å². The van der Waals surface area contributed by atoms with E-state index in [-0.39, 0.29) is 0 Å². The van der Waals surface area contributed by atoms with Crippen molar-refractivity contribution >= 4 is 5.82 Å². The number of aryl methyl sites for hydroxylation is 1. The maximum atomic E-state index is 12.4. The van der Waals surface area contributed by atoms with Crippen molar-refractivity contribution in [1.29, 1.82) is 0 Å². The predicted octanol–water partition coefficient (Wildman–Crippen LogP) is 3.67. The molecule has 0 amide bonds. The Labute approximate surface area is 114 Å². The molecule has 0 unspecified atom stereocenters. The number of nitrogens with one attached hydrogen (secondary N) is 1. The SMILES string of the molecule is CCc1cccnc1CNc1ccc(C(F)(F)F)cn1. The van der Waals surface area contributed by atoms with E-state index >= 15 is 0 Å². The lowest BCUT2D eigenvalue weighted by atomic mass is 10.1. The molecule has 0 aliphatic carbocycles. The summed E-state index contributed by atoms with van der Waals surface area (Å²) in [6.45, 7) is 2.46. The molecule has 20 heavy (non-hydrogen) atoms. The van der Waals surface area contributed by atoms with Crippen molar-refractivity contribution in [2.45, 2.75) is 26.1 Å². The summed E-state index contributed by atoms with van der Waals surface area (Å²) in [7, 11) is 0. The third-order valence-electron chi connectivity index (χ3n) is 2.89. The van der Waals surface area contributed by atoms with Gasteiger partial charge in [-0.1, -0.05) is 13.0 Å². The molecule has 0 aliphatic rings. The van der Waals surface area contributed by atoms with Crippen molar-refractivity contribution < 1.29 is 13.2 Å². The molecule has 0 saturated heterocycles. The van der Waals surface area contributed by atoms with Gasteiger partial charge in [0.2, 0.25) is 0 Å². The van der Waals surface area contributed by atoms with E-state index in [1.165, 1.54) is 6.07 Å². The molecule has 0 radical (unpaired) electrons. The summed E-state index contributed by atoms with van der Waals surface area (Å²) in [5.74, 6) is 0.394. The van der Waals surface area contributed by atoms with Gasteiger partial charge in [0.05, 0.1) is 17.8 Å². The van der Waals surface area contributed by atoms with Gasteiger partial charge in [0, 0.05) is 12.4 Å². The zero-order chi connectivity index (χ0) is 14.6. The van der Waals surface area contributed by atoms with Crippen LogP contribution in [0.4, 0.5) is 19.0 Å². The number of alkyl halides is 3. The average molecular weight is 281 g/mol. The van der Waals surface area contributed by atoms with Crippen LogP contribution in [0.5, 0.6) is 0 Å². The van der Waals surface area contributed by atoms with Crippen molar-refractivity contribution in [3.8, 4) is 0 Å². The van der Waals surface area contributed by atoms with Crippen LogP contribution in [0.3, 0.4) is 0 Å². The van der Waals surface area contributed by atoms with Gasteiger partial charge in [-0.25, -0.2) is 4.98 Å². The van der Waals surface area contributed by atoms with Gasteiger partial charge in [-0.05, 0) is 30.2 Å². The fraction of sp³-hybridized carbons (Fsp3) is 0.286. The van der Waals surface area contributed by atoms with Crippen LogP contribution in [0.1, 0.15) is 23.7 Å². The van der Waals surface area contributed by atoms with Crippen LogP contribution in [0.25, 0.3) is 0 Å². The molecule has 0 fully saturated rings. The van der Waals surface area contributed by atoms with E-state index in [4.69, 9.17) is 0 Å². The van der Waals surface area contributed by atoms with Crippen LogP contribution < -0.4 is 5.32 Å². The molecule has 0 atom stereocenters. The lowest BCUT2D eigenvalue weighted by Crippen LogP contribution is -2.08. The number of rotatable bonds is 4. The number of pyridine rings is 2. The first-order chi connectivity index (χ1) is 9.50. The van der Waals surface area contributed by atoms with E-state index in [1.807, 2.05) is 19.1 Å². The zero-order valence-corrected chi connectivity index (χ0v) is 10.9. The molecule has 0 spiro atoms. The van der Waals surface area contributed by atoms with Crippen LogP contribution in [-0.4, -0.2) is 9.97 Å². The summed E-state index contributed by atoms with van der Waals surface area (Å²) < 4.78 is 37.2. The van der Waals surface area contributed by atoms with Crippen molar-refractivity contribution in [1.82, 2.24) is 9.97 Å². The van der Waals surface area contributed by atoms with Crippen LogP contribution in [0.2, 0.25) is 0 Å². The van der Waals surface area contributed by atoms with E-state index < -0.39 is 11.7 Å². The normalized spacial score (nSPS) is 11.4. The van der Waals surface area contributed by atoms with E-state index in [1.54, 1.807) is 6.20 Å². The molecule has 0 saturated carbocycles. The Bertz CT molecular complexity index is 565. The lowest BCUT2D eigenvalue weighted by Gasteiger charge is -2.10. The van der Waals surface area contributed by atoms with E-state index in [2.05, 4.69) is 15.3 Å². The smallest absolute Gasteiger partial charge is 0.364 e. The molecule has 2 rings (SSSR count). The fourth-order valence-corrected chi connectivity index (χ4v) is 1.79. The zero-order valence-electron chi connectivity index (χ0n) is 10.9. The molecule has 1 N–H and O–H groups in total. The molecule has 6 heteroatoms. The van der Waals surface area contributed by atoms with Crippen molar-refractivity contribution in [2.75, 3.05) is 5.32 Å². The predicted molar refractivity (Wildman–Crippen MR) is 70.2 cm³/mol. The minimum atomic E-state index is -4.36. The minimum absolute atomic E-state index is 0.394. The fourth-order valence-electron chi connectivity index (χ4n) is 1.79. The van der Waals surface area contributed by atoms with Crippen LogP contribution in [0.15, 0.2) is 36.7 Å². The van der Waals surface area contributed by atoms with Gasteiger partial charge in [0.1, 0.15) is 5.82 Å². The van der Waals surface area contributed by atoms with E-state index in [9.17, 15) is 13.2 Å². The summed E-state index contributed by atoms with van der Waals surface area (Å²) in [5.41, 5.74) is 1.22. The molecule has 2 heterocycles. The van der Waals surface area contributed by atoms with Crippen LogP contribution in [0, 0.1) is 0 Å². The Morgan fingerprint density at radius 3 is 2.55 bits per heavy atom. The van der Waals surface area contributed by atoms with Gasteiger partial charge >= 0.3 is 6.18 Å². The van der Waals surface area contributed by atoms with E-state index in [0.717, 1.165) is 29.9 Å². The number of halogens is 3. The monoisotopic (exact) mass is 281 g/mol. The minimum Gasteiger partial charge on any atom is -0.364 e. The van der Waals surface area contributed by atoms with Gasteiger partial charge < -0.3 is 5.32 Å². The van der Waals surface area contributed by atoms with Gasteiger partial charge in [-0.3, -0.25) is 4.98 Å². The first-order valence-corrected chi connectivity index (χ1v) is 6.20. The highest BCUT2D eigenvalue weighted by Gasteiger charge is 2.30. The molecule has 2 aromatic heterocycles. The molecule has 0 bridgehead atoms. The van der Waals surface area contributed by atoms with Gasteiger partial charge in [-0.15, -0.1) is 0 Å². The summed E-state index contributed by atoms with van der Waals surface area (Å²) in [5, 5.41) is 2.97. The molecular formula is C14H14F3N3. The summed E-state index contributed by atoms with van der Waals surface area (Å²) in [6, 6.07) is 6.16. The summed E-state index contributed by atoms with van der Waals surface area (Å²) in [4.78, 5) is 8.01. The topological polar surface area (TPSA) is 37.8 Å². The number of anilines is 1. The maximum absolute atomic E-state index is 12.4. The Balaban J connectivity index is 2.04. The van der Waals surface area contributed by atoms with Crippen molar-refractivity contribution in [3.63, 3.8) is 0 Å². The van der Waals surface area contributed by atoms with Gasteiger partial charge in [0.25, 0.3) is 0 Å². The number of hydrogen-bond donors (Lipinski definition) is 1. The molecule has 0 aromatic carbocycles. The highest BCUT2D eigenvalue weighted by Crippen LogP contribution is 2.28. The summed E-state index contributed by atoms with van der Waals surface area (Å²) >= 11 is 0. The first kappa shape index (κ1) is 14.3. The highest BCUT2D eigenvalue weighted by atomic mass is 19.4. The largest absolute Gasteiger partial charge is 0.417 e. The molecule has 0 aliphatic heterocycles. The second kappa shape index (κ2) is 5.90. The third kappa shape index (κ3) is 3.46. The van der Waals surface area contributed by atoms with Crippen molar-refractivity contribution in [3.05, 3.63) is 53.5 Å².